The Labute approximate surface area is 158 Å². The summed E-state index contributed by atoms with van der Waals surface area (Å²) in [6.07, 6.45) is 0. The number of thiazole rings is 1. The molecule has 25 heavy (non-hydrogen) atoms. The van der Waals surface area contributed by atoms with E-state index in [0.29, 0.717) is 34.0 Å². The van der Waals surface area contributed by atoms with E-state index >= 15 is 0 Å². The van der Waals surface area contributed by atoms with Gasteiger partial charge < -0.3 is 9.84 Å². The summed E-state index contributed by atoms with van der Waals surface area (Å²) in [4.78, 5) is 8.09. The van der Waals surface area contributed by atoms with Crippen LogP contribution in [0.3, 0.4) is 0 Å². The predicted octanol–water partition coefficient (Wildman–Crippen LogP) is 3.53. The molecule has 0 amide bonds. The van der Waals surface area contributed by atoms with E-state index in [1.54, 1.807) is 13.0 Å². The molecule has 1 fully saturated rings. The highest BCUT2D eigenvalue weighted by molar-refractivity contribution is 7.17. The Morgan fingerprint density at radius 1 is 1.24 bits per heavy atom. The summed E-state index contributed by atoms with van der Waals surface area (Å²) in [5.41, 5.74) is 0.966. The lowest BCUT2D eigenvalue weighted by Crippen LogP contribution is -2.39. The molecule has 9 heteroatoms. The Kier molecular flexibility index (Phi) is 4.59. The molecule has 0 spiro atoms. The number of benzene rings is 1. The van der Waals surface area contributed by atoms with Crippen molar-refractivity contribution in [2.24, 2.45) is 0 Å². The lowest BCUT2D eigenvalue weighted by Gasteiger charge is -2.34. The SMILES string of the molecule is Cc1nc2sc(C(c3ccc(Cl)c(Cl)c3)N3CCOCC3)c(O)n2n1. The molecule has 1 unspecified atom stereocenters. The van der Waals surface area contributed by atoms with Crippen LogP contribution in [0.4, 0.5) is 0 Å². The first-order valence-electron chi connectivity index (χ1n) is 7.86. The van der Waals surface area contributed by atoms with Gasteiger partial charge in [0.25, 0.3) is 0 Å². The first kappa shape index (κ1) is 17.1. The summed E-state index contributed by atoms with van der Waals surface area (Å²) in [5, 5.41) is 16.0. The van der Waals surface area contributed by atoms with Crippen LogP contribution in [0.2, 0.25) is 10.0 Å². The van der Waals surface area contributed by atoms with Crippen LogP contribution < -0.4 is 0 Å². The quantitative estimate of drug-likeness (QED) is 0.730. The Morgan fingerprint density at radius 2 is 2.00 bits per heavy atom. The van der Waals surface area contributed by atoms with Gasteiger partial charge in [0.15, 0.2) is 0 Å². The third-order valence-electron chi connectivity index (χ3n) is 4.22. The maximum atomic E-state index is 10.7. The normalized spacial score (nSPS) is 17.2. The minimum absolute atomic E-state index is 0.114. The van der Waals surface area contributed by atoms with Gasteiger partial charge in [-0.3, -0.25) is 4.90 Å². The van der Waals surface area contributed by atoms with Crippen molar-refractivity contribution < 1.29 is 9.84 Å². The van der Waals surface area contributed by atoms with Crippen LogP contribution in [0.25, 0.3) is 4.96 Å². The maximum Gasteiger partial charge on any atom is 0.230 e. The van der Waals surface area contributed by atoms with Crippen LogP contribution >= 0.6 is 34.5 Å². The highest BCUT2D eigenvalue weighted by Gasteiger charge is 2.30. The van der Waals surface area contributed by atoms with E-state index in [1.807, 2.05) is 12.1 Å². The minimum Gasteiger partial charge on any atom is -0.492 e. The summed E-state index contributed by atoms with van der Waals surface area (Å²) >= 11 is 13.7. The Morgan fingerprint density at radius 3 is 2.68 bits per heavy atom. The molecular formula is C16H16Cl2N4O2S. The van der Waals surface area contributed by atoms with Gasteiger partial charge >= 0.3 is 0 Å². The number of halogens is 2. The van der Waals surface area contributed by atoms with Gasteiger partial charge in [-0.1, -0.05) is 40.6 Å². The van der Waals surface area contributed by atoms with Crippen LogP contribution in [0, 0.1) is 6.92 Å². The van der Waals surface area contributed by atoms with Crippen molar-refractivity contribution in [2.75, 3.05) is 26.3 Å². The fourth-order valence-electron chi connectivity index (χ4n) is 3.07. The van der Waals surface area contributed by atoms with Crippen LogP contribution in [0.15, 0.2) is 18.2 Å². The molecular weight excluding hydrogens is 383 g/mol. The smallest absolute Gasteiger partial charge is 0.230 e. The molecule has 6 nitrogen and oxygen atoms in total. The molecule has 4 rings (SSSR count). The van der Waals surface area contributed by atoms with Gasteiger partial charge in [-0.25, -0.2) is 4.98 Å². The van der Waals surface area contributed by atoms with Gasteiger partial charge in [-0.15, -0.1) is 5.10 Å². The molecule has 1 atom stereocenters. The fraction of sp³-hybridized carbons (Fsp3) is 0.375. The molecule has 1 N–H and O–H groups in total. The monoisotopic (exact) mass is 398 g/mol. The molecule has 132 valence electrons. The molecule has 1 aliphatic rings. The van der Waals surface area contributed by atoms with Crippen LogP contribution in [-0.4, -0.2) is 50.9 Å². The Balaban J connectivity index is 1.84. The van der Waals surface area contributed by atoms with Gasteiger partial charge in [-0.05, 0) is 24.6 Å². The maximum absolute atomic E-state index is 10.7. The van der Waals surface area contributed by atoms with E-state index in [1.165, 1.54) is 15.9 Å². The van der Waals surface area contributed by atoms with E-state index in [-0.39, 0.29) is 11.9 Å². The molecule has 3 aromatic rings. The topological polar surface area (TPSA) is 62.9 Å². The number of aryl methyl sites for hydroxylation is 1. The zero-order valence-electron chi connectivity index (χ0n) is 13.4. The number of aromatic hydroxyl groups is 1. The van der Waals surface area contributed by atoms with Gasteiger partial charge in [0.2, 0.25) is 10.8 Å². The molecule has 1 saturated heterocycles. The summed E-state index contributed by atoms with van der Waals surface area (Å²) in [6.45, 7) is 4.63. The number of nitrogens with zero attached hydrogens (tertiary/aromatic N) is 4. The number of hydrogen-bond donors (Lipinski definition) is 1. The highest BCUT2D eigenvalue weighted by Crippen LogP contribution is 2.41. The first-order chi connectivity index (χ1) is 12.0. The summed E-state index contributed by atoms with van der Waals surface area (Å²) in [6, 6.07) is 5.41. The van der Waals surface area contributed by atoms with Gasteiger partial charge in [-0.2, -0.15) is 4.52 Å². The highest BCUT2D eigenvalue weighted by atomic mass is 35.5. The average molecular weight is 399 g/mol. The van der Waals surface area contributed by atoms with Crippen LogP contribution in [0.5, 0.6) is 5.88 Å². The Bertz CT molecular complexity index is 920. The van der Waals surface area contributed by atoms with E-state index in [2.05, 4.69) is 15.0 Å². The summed E-state index contributed by atoms with van der Waals surface area (Å²) < 4.78 is 6.96. The molecule has 1 aromatic carbocycles. The lowest BCUT2D eigenvalue weighted by molar-refractivity contribution is 0.0241. The van der Waals surface area contributed by atoms with E-state index in [0.717, 1.165) is 23.5 Å². The van der Waals surface area contributed by atoms with Gasteiger partial charge in [0, 0.05) is 13.1 Å². The predicted molar refractivity (Wildman–Crippen MR) is 98.0 cm³/mol. The fourth-order valence-corrected chi connectivity index (χ4v) is 4.54. The lowest BCUT2D eigenvalue weighted by atomic mass is 10.0. The van der Waals surface area contributed by atoms with Crippen molar-refractivity contribution in [2.45, 2.75) is 13.0 Å². The first-order valence-corrected chi connectivity index (χ1v) is 9.43. The standard InChI is InChI=1S/C16H16Cl2N4O2S/c1-9-19-16-22(20-9)15(23)14(25-16)13(21-4-6-24-7-5-21)10-2-3-11(17)12(18)8-10/h2-3,8,13,23H,4-7H2,1H3. The minimum atomic E-state index is -0.160. The summed E-state index contributed by atoms with van der Waals surface area (Å²) in [5.74, 6) is 0.744. The van der Waals surface area contributed by atoms with Crippen molar-refractivity contribution in [3.63, 3.8) is 0 Å². The zero-order valence-corrected chi connectivity index (χ0v) is 15.8. The van der Waals surface area contributed by atoms with E-state index in [4.69, 9.17) is 27.9 Å². The number of aromatic nitrogens is 3. The second-order valence-electron chi connectivity index (χ2n) is 5.87. The summed E-state index contributed by atoms with van der Waals surface area (Å²) in [7, 11) is 0. The van der Waals surface area contributed by atoms with Crippen LogP contribution in [-0.2, 0) is 4.74 Å². The molecule has 0 aliphatic carbocycles. The molecule has 2 aromatic heterocycles. The molecule has 0 saturated carbocycles. The van der Waals surface area contributed by atoms with Crippen molar-refractivity contribution >= 4 is 39.5 Å². The number of ether oxygens (including phenoxy) is 1. The Hall–Kier alpha value is -1.38. The second-order valence-corrected chi connectivity index (χ2v) is 7.69. The zero-order chi connectivity index (χ0) is 17.6. The van der Waals surface area contributed by atoms with Gasteiger partial charge in [0.05, 0.1) is 34.2 Å². The molecule has 0 radical (unpaired) electrons. The number of fused-ring (bicyclic) bond motifs is 1. The van der Waals surface area contributed by atoms with Crippen molar-refractivity contribution in [3.05, 3.63) is 44.5 Å². The van der Waals surface area contributed by atoms with Crippen molar-refractivity contribution in [1.29, 1.82) is 0 Å². The molecule has 0 bridgehead atoms. The number of hydrogen-bond acceptors (Lipinski definition) is 6. The molecule has 1 aliphatic heterocycles. The van der Waals surface area contributed by atoms with E-state index < -0.39 is 0 Å². The second kappa shape index (κ2) is 6.74. The van der Waals surface area contributed by atoms with Gasteiger partial charge in [0.1, 0.15) is 5.82 Å². The third kappa shape index (κ3) is 3.11. The van der Waals surface area contributed by atoms with Crippen molar-refractivity contribution in [1.82, 2.24) is 19.5 Å². The average Bonchev–Trinajstić information content (AvgIpc) is 3.10. The van der Waals surface area contributed by atoms with Crippen LogP contribution in [0.1, 0.15) is 22.3 Å². The van der Waals surface area contributed by atoms with E-state index in [9.17, 15) is 5.11 Å². The number of rotatable bonds is 3. The number of morpholine rings is 1. The van der Waals surface area contributed by atoms with Crippen molar-refractivity contribution in [3.8, 4) is 5.88 Å². The third-order valence-corrected chi connectivity index (χ3v) is 6.04. The largest absolute Gasteiger partial charge is 0.492 e. The molecule has 3 heterocycles.